The van der Waals surface area contributed by atoms with Crippen molar-refractivity contribution in [2.75, 3.05) is 0 Å². The van der Waals surface area contributed by atoms with E-state index in [1.807, 2.05) is 54.6 Å². The summed E-state index contributed by atoms with van der Waals surface area (Å²) >= 11 is 0. The second kappa shape index (κ2) is 10.3. The number of carbonyl (C=O) groups excluding carboxylic acids is 1. The van der Waals surface area contributed by atoms with Gasteiger partial charge in [-0.05, 0) is 29.3 Å². The molecule has 0 saturated carbocycles. The molecule has 0 amide bonds. The maximum absolute atomic E-state index is 11.8. The average Bonchev–Trinajstić information content (AvgIpc) is 2.74. The molecule has 0 radical (unpaired) electrons. The molecule has 1 N–H and O–H groups in total. The second-order valence-corrected chi connectivity index (χ2v) is 5.61. The topological polar surface area (TPSA) is 54.4 Å². The molecule has 0 aliphatic carbocycles. The first-order chi connectivity index (χ1) is 13.1. The van der Waals surface area contributed by atoms with Gasteiger partial charge in [0, 0.05) is 5.56 Å². The van der Waals surface area contributed by atoms with Gasteiger partial charge < -0.3 is 5.11 Å². The van der Waals surface area contributed by atoms with Crippen molar-refractivity contribution in [3.63, 3.8) is 0 Å². The summed E-state index contributed by atoms with van der Waals surface area (Å²) in [5, 5.41) is 8.77. The van der Waals surface area contributed by atoms with Gasteiger partial charge in [0.15, 0.2) is 5.78 Å². The van der Waals surface area contributed by atoms with E-state index in [0.29, 0.717) is 5.56 Å². The van der Waals surface area contributed by atoms with E-state index in [0.717, 1.165) is 5.56 Å². The molecule has 3 heteroatoms. The van der Waals surface area contributed by atoms with E-state index in [2.05, 4.69) is 6.58 Å². The molecule has 0 heterocycles. The Morgan fingerprint density at radius 2 is 1.26 bits per heavy atom. The quantitative estimate of drug-likeness (QED) is 0.477. The van der Waals surface area contributed by atoms with E-state index in [1.165, 1.54) is 23.8 Å². The van der Waals surface area contributed by atoms with Crippen LogP contribution in [0, 0.1) is 0 Å². The highest BCUT2D eigenvalue weighted by atomic mass is 16.4. The fourth-order valence-electron chi connectivity index (χ4n) is 2.20. The average molecular weight is 356 g/mol. The van der Waals surface area contributed by atoms with Gasteiger partial charge in [0.1, 0.15) is 0 Å². The van der Waals surface area contributed by atoms with Gasteiger partial charge in [-0.15, -0.1) is 0 Å². The third kappa shape index (κ3) is 6.59. The van der Waals surface area contributed by atoms with Crippen molar-refractivity contribution < 1.29 is 14.7 Å². The van der Waals surface area contributed by atoms with Crippen LogP contribution in [0.5, 0.6) is 0 Å². The Kier molecular flexibility index (Phi) is 7.49. The lowest BCUT2D eigenvalue weighted by molar-refractivity contribution is 0.0696. The maximum Gasteiger partial charge on any atom is 0.335 e. The van der Waals surface area contributed by atoms with Crippen LogP contribution >= 0.6 is 0 Å². The Labute approximate surface area is 158 Å². The molecule has 134 valence electrons. The zero-order valence-electron chi connectivity index (χ0n) is 14.8. The standard InChI is InChI=1S/C16H12O3.C8H8/c17-15(13-4-2-1-3-5-13)11-8-12-6-9-14(10-7-12)16(18)19;1-2-8-6-4-3-5-7-8/h1-11H,(H,18,19);2-7H,1H2/b11-8+;. The van der Waals surface area contributed by atoms with Crippen LogP contribution < -0.4 is 0 Å². The van der Waals surface area contributed by atoms with E-state index < -0.39 is 5.97 Å². The molecule has 0 saturated heterocycles. The Morgan fingerprint density at radius 3 is 1.74 bits per heavy atom. The normalized spacial score (nSPS) is 9.93. The van der Waals surface area contributed by atoms with Gasteiger partial charge in [0.25, 0.3) is 0 Å². The van der Waals surface area contributed by atoms with Gasteiger partial charge in [-0.25, -0.2) is 4.79 Å². The zero-order valence-corrected chi connectivity index (χ0v) is 14.8. The third-order valence-corrected chi connectivity index (χ3v) is 3.68. The monoisotopic (exact) mass is 356 g/mol. The van der Waals surface area contributed by atoms with Crippen molar-refractivity contribution in [1.29, 1.82) is 0 Å². The number of carboxylic acids is 1. The van der Waals surface area contributed by atoms with E-state index in [4.69, 9.17) is 5.11 Å². The first-order valence-electron chi connectivity index (χ1n) is 8.38. The minimum absolute atomic E-state index is 0.0806. The summed E-state index contributed by atoms with van der Waals surface area (Å²) in [5.41, 5.74) is 2.81. The van der Waals surface area contributed by atoms with Crippen LogP contribution in [0.4, 0.5) is 0 Å². The number of carboxylic acid groups (broad SMARTS) is 1. The van der Waals surface area contributed by atoms with Crippen LogP contribution in [0.3, 0.4) is 0 Å². The molecule has 0 atom stereocenters. The van der Waals surface area contributed by atoms with Gasteiger partial charge in [-0.2, -0.15) is 0 Å². The number of carbonyl (C=O) groups is 2. The molecule has 0 aliphatic rings. The number of benzene rings is 3. The number of hydrogen-bond acceptors (Lipinski definition) is 2. The fourth-order valence-corrected chi connectivity index (χ4v) is 2.20. The molecule has 3 aromatic carbocycles. The summed E-state index contributed by atoms with van der Waals surface area (Å²) < 4.78 is 0. The second-order valence-electron chi connectivity index (χ2n) is 5.61. The van der Waals surface area contributed by atoms with E-state index in [9.17, 15) is 9.59 Å². The zero-order chi connectivity index (χ0) is 19.5. The Bertz CT molecular complexity index is 909. The Balaban J connectivity index is 0.000000273. The maximum atomic E-state index is 11.8. The SMILES string of the molecule is C=Cc1ccccc1.O=C(O)c1ccc(/C=C/C(=O)c2ccccc2)cc1. The predicted molar refractivity (Wildman–Crippen MR) is 110 cm³/mol. The first-order valence-corrected chi connectivity index (χ1v) is 8.38. The molecule has 3 nitrogen and oxygen atoms in total. The van der Waals surface area contributed by atoms with Crippen molar-refractivity contribution >= 4 is 23.9 Å². The molecule has 0 aromatic heterocycles. The van der Waals surface area contributed by atoms with Crippen molar-refractivity contribution in [3.05, 3.63) is 120 Å². The van der Waals surface area contributed by atoms with Crippen molar-refractivity contribution in [1.82, 2.24) is 0 Å². The lowest BCUT2D eigenvalue weighted by Crippen LogP contribution is -1.95. The smallest absolute Gasteiger partial charge is 0.335 e. The number of allylic oxidation sites excluding steroid dienone is 1. The third-order valence-electron chi connectivity index (χ3n) is 3.68. The van der Waals surface area contributed by atoms with Gasteiger partial charge >= 0.3 is 5.97 Å². The highest BCUT2D eigenvalue weighted by Crippen LogP contribution is 2.08. The lowest BCUT2D eigenvalue weighted by atomic mass is 10.1. The van der Waals surface area contributed by atoms with Crippen LogP contribution in [0.2, 0.25) is 0 Å². The molecule has 0 spiro atoms. The van der Waals surface area contributed by atoms with Crippen molar-refractivity contribution in [2.24, 2.45) is 0 Å². The lowest BCUT2D eigenvalue weighted by Gasteiger charge is -1.96. The van der Waals surface area contributed by atoms with Crippen LogP contribution in [-0.2, 0) is 0 Å². The molecule has 0 bridgehead atoms. The van der Waals surface area contributed by atoms with Gasteiger partial charge in [0.2, 0.25) is 0 Å². The van der Waals surface area contributed by atoms with Crippen molar-refractivity contribution in [3.8, 4) is 0 Å². The number of ketones is 1. The Hall–Kier alpha value is -3.72. The summed E-state index contributed by atoms with van der Waals surface area (Å²) in [7, 11) is 0. The molecule has 27 heavy (non-hydrogen) atoms. The number of aromatic carboxylic acids is 1. The summed E-state index contributed by atoms with van der Waals surface area (Å²) in [4.78, 5) is 22.5. The molecule has 0 fully saturated rings. The van der Waals surface area contributed by atoms with Crippen LogP contribution in [0.25, 0.3) is 12.2 Å². The fraction of sp³-hybridized carbons (Fsp3) is 0. The van der Waals surface area contributed by atoms with Crippen LogP contribution in [0.15, 0.2) is 97.6 Å². The molecule has 0 unspecified atom stereocenters. The van der Waals surface area contributed by atoms with Crippen molar-refractivity contribution in [2.45, 2.75) is 0 Å². The van der Waals surface area contributed by atoms with Gasteiger partial charge in [0.05, 0.1) is 5.56 Å². The number of rotatable bonds is 5. The highest BCUT2D eigenvalue weighted by molar-refractivity contribution is 6.06. The van der Waals surface area contributed by atoms with Gasteiger partial charge in [-0.1, -0.05) is 91.5 Å². The predicted octanol–water partition coefficient (Wildman–Crippen LogP) is 5.61. The minimum atomic E-state index is -0.962. The van der Waals surface area contributed by atoms with E-state index in [1.54, 1.807) is 30.3 Å². The van der Waals surface area contributed by atoms with Crippen LogP contribution in [-0.4, -0.2) is 16.9 Å². The number of hydrogen-bond donors (Lipinski definition) is 1. The van der Waals surface area contributed by atoms with Crippen LogP contribution in [0.1, 0.15) is 31.8 Å². The van der Waals surface area contributed by atoms with E-state index in [-0.39, 0.29) is 11.3 Å². The molecule has 3 rings (SSSR count). The first kappa shape index (κ1) is 19.6. The summed E-state index contributed by atoms with van der Waals surface area (Å²) in [5.74, 6) is -1.04. The minimum Gasteiger partial charge on any atom is -0.478 e. The molecular formula is C24H20O3. The molecule has 3 aromatic rings. The largest absolute Gasteiger partial charge is 0.478 e. The summed E-state index contributed by atoms with van der Waals surface area (Å²) in [6.45, 7) is 3.63. The highest BCUT2D eigenvalue weighted by Gasteiger charge is 2.01. The molecule has 0 aliphatic heterocycles. The van der Waals surface area contributed by atoms with E-state index >= 15 is 0 Å². The summed E-state index contributed by atoms with van der Waals surface area (Å²) in [6, 6.07) is 25.3. The Morgan fingerprint density at radius 1 is 0.704 bits per heavy atom. The summed E-state index contributed by atoms with van der Waals surface area (Å²) in [6.07, 6.45) is 4.98. The van der Waals surface area contributed by atoms with Gasteiger partial charge in [-0.3, -0.25) is 4.79 Å². The molecular weight excluding hydrogens is 336 g/mol.